The molecule has 7 nitrogen and oxygen atoms in total. The summed E-state index contributed by atoms with van der Waals surface area (Å²) in [5.41, 5.74) is 4.67. The summed E-state index contributed by atoms with van der Waals surface area (Å²) in [6, 6.07) is 9.01. The van der Waals surface area contributed by atoms with Crippen molar-refractivity contribution in [3.8, 4) is 0 Å². The quantitative estimate of drug-likeness (QED) is 0.362. The van der Waals surface area contributed by atoms with Gasteiger partial charge in [-0.25, -0.2) is 4.39 Å². The number of nitrogens with zero attached hydrogens (tertiary/aromatic N) is 3. The van der Waals surface area contributed by atoms with Crippen LogP contribution in [0.4, 0.5) is 4.39 Å². The third-order valence-corrected chi connectivity index (χ3v) is 9.95. The highest BCUT2D eigenvalue weighted by Crippen LogP contribution is 2.38. The summed E-state index contributed by atoms with van der Waals surface area (Å²) in [6.45, 7) is 16.8. The molecule has 0 bridgehead atoms. The molecule has 0 aromatic heterocycles. The van der Waals surface area contributed by atoms with E-state index in [0.29, 0.717) is 75.5 Å². The van der Waals surface area contributed by atoms with Crippen LogP contribution in [-0.2, 0) is 25.5 Å². The topological polar surface area (TPSA) is 62.3 Å². The summed E-state index contributed by atoms with van der Waals surface area (Å²) in [6.07, 6.45) is 2.39. The van der Waals surface area contributed by atoms with Crippen LogP contribution >= 0.6 is 11.6 Å². The van der Waals surface area contributed by atoms with Crippen molar-refractivity contribution >= 4 is 23.5 Å². The van der Waals surface area contributed by atoms with Gasteiger partial charge in [0.2, 0.25) is 5.91 Å². The number of esters is 1. The Balaban J connectivity index is 1.33. The summed E-state index contributed by atoms with van der Waals surface area (Å²) in [5, 5.41) is 0.352. The molecule has 0 aliphatic carbocycles. The Kier molecular flexibility index (Phi) is 10.6. The molecule has 0 saturated carbocycles. The molecule has 3 atom stereocenters. The second-order valence-electron chi connectivity index (χ2n) is 14.2. The molecule has 246 valence electrons. The maximum Gasteiger partial charge on any atom is 0.324 e. The molecule has 3 saturated heterocycles. The van der Waals surface area contributed by atoms with E-state index in [1.165, 1.54) is 28.3 Å². The van der Waals surface area contributed by atoms with Gasteiger partial charge >= 0.3 is 5.97 Å². The number of carbonyl (C=O) groups is 2. The molecule has 2 aromatic carbocycles. The Morgan fingerprint density at radius 1 is 1.00 bits per heavy atom. The van der Waals surface area contributed by atoms with Gasteiger partial charge in [0, 0.05) is 69.5 Å². The third-order valence-electron chi connectivity index (χ3n) is 9.72. The Morgan fingerprint density at radius 3 is 2.24 bits per heavy atom. The van der Waals surface area contributed by atoms with Crippen LogP contribution in [0, 0.1) is 32.5 Å². The maximum atomic E-state index is 15.2. The molecule has 3 aliphatic heterocycles. The lowest BCUT2D eigenvalue weighted by Gasteiger charge is -2.40. The van der Waals surface area contributed by atoms with Gasteiger partial charge in [-0.2, -0.15) is 0 Å². The van der Waals surface area contributed by atoms with Crippen molar-refractivity contribution in [2.75, 3.05) is 52.5 Å². The highest BCUT2D eigenvalue weighted by atomic mass is 35.5. The van der Waals surface area contributed by atoms with Crippen molar-refractivity contribution in [3.05, 3.63) is 69.0 Å². The number of halogens is 2. The molecule has 3 fully saturated rings. The standard InChI is InChI=1S/C36H49ClFN3O4/c1-23-17-24(2)29(25(3)18-23)20-33(35(43)45-36(4,5)6)39-11-13-40(14-12-39)34(42)31-22-41(27-9-15-44-16-10-27)21-30(31)28-8-7-26(37)19-32(28)38/h7-8,17-19,27,30-31,33H,9-16,20-22H2,1-6H3/t30-,31+,33-/m0/s1. The lowest BCUT2D eigenvalue weighted by Crippen LogP contribution is -2.56. The number of carbonyl (C=O) groups excluding carboxylic acids is 2. The number of likely N-dealkylation sites (tertiary alicyclic amines) is 1. The van der Waals surface area contributed by atoms with E-state index in [1.54, 1.807) is 12.1 Å². The minimum Gasteiger partial charge on any atom is -0.459 e. The van der Waals surface area contributed by atoms with Gasteiger partial charge in [-0.3, -0.25) is 19.4 Å². The molecule has 1 amide bonds. The number of benzene rings is 2. The second-order valence-corrected chi connectivity index (χ2v) is 14.6. The summed E-state index contributed by atoms with van der Waals surface area (Å²) >= 11 is 6.09. The third kappa shape index (κ3) is 8.07. The molecule has 0 unspecified atom stereocenters. The Labute approximate surface area is 273 Å². The lowest BCUT2D eigenvalue weighted by molar-refractivity contribution is -0.162. The lowest BCUT2D eigenvalue weighted by atomic mass is 9.87. The van der Waals surface area contributed by atoms with Gasteiger partial charge in [0.15, 0.2) is 0 Å². The van der Waals surface area contributed by atoms with Crippen LogP contribution in [0.3, 0.4) is 0 Å². The Hall–Kier alpha value is -2.52. The fourth-order valence-electron chi connectivity index (χ4n) is 7.50. The number of rotatable bonds is 7. The first-order valence-corrected chi connectivity index (χ1v) is 16.8. The molecule has 2 aromatic rings. The monoisotopic (exact) mass is 641 g/mol. The number of hydrogen-bond donors (Lipinski definition) is 0. The molecule has 0 spiro atoms. The fourth-order valence-corrected chi connectivity index (χ4v) is 7.65. The van der Waals surface area contributed by atoms with Crippen LogP contribution in [0.25, 0.3) is 0 Å². The summed E-state index contributed by atoms with van der Waals surface area (Å²) in [5.74, 6) is -1.14. The predicted octanol–water partition coefficient (Wildman–Crippen LogP) is 5.70. The average Bonchev–Trinajstić information content (AvgIpc) is 3.41. The molecule has 45 heavy (non-hydrogen) atoms. The van der Waals surface area contributed by atoms with Gasteiger partial charge in [0.05, 0.1) is 5.92 Å². The van der Waals surface area contributed by atoms with E-state index in [9.17, 15) is 9.59 Å². The molecule has 5 rings (SSSR count). The van der Waals surface area contributed by atoms with Crippen LogP contribution in [0.15, 0.2) is 30.3 Å². The van der Waals surface area contributed by atoms with Crippen LogP contribution in [0.1, 0.15) is 67.3 Å². The van der Waals surface area contributed by atoms with Crippen LogP contribution in [-0.4, -0.2) is 96.7 Å². The summed E-state index contributed by atoms with van der Waals surface area (Å²) in [7, 11) is 0. The molecular weight excluding hydrogens is 593 g/mol. The van der Waals surface area contributed by atoms with Crippen molar-refractivity contribution in [1.82, 2.24) is 14.7 Å². The Morgan fingerprint density at radius 2 is 1.64 bits per heavy atom. The fraction of sp³-hybridized carbons (Fsp3) is 0.611. The van der Waals surface area contributed by atoms with E-state index < -0.39 is 11.6 Å². The van der Waals surface area contributed by atoms with Crippen LogP contribution in [0.5, 0.6) is 0 Å². The molecule has 0 radical (unpaired) electrons. The second kappa shape index (κ2) is 14.1. The number of hydrogen-bond acceptors (Lipinski definition) is 6. The zero-order valence-corrected chi connectivity index (χ0v) is 28.5. The summed E-state index contributed by atoms with van der Waals surface area (Å²) < 4.78 is 26.7. The zero-order valence-electron chi connectivity index (χ0n) is 27.7. The van der Waals surface area contributed by atoms with Crippen molar-refractivity contribution in [3.63, 3.8) is 0 Å². The van der Waals surface area contributed by atoms with E-state index in [1.807, 2.05) is 25.7 Å². The first-order valence-electron chi connectivity index (χ1n) is 16.4. The molecule has 3 aliphatic rings. The van der Waals surface area contributed by atoms with Crippen LogP contribution < -0.4 is 0 Å². The minimum absolute atomic E-state index is 0.0580. The van der Waals surface area contributed by atoms with E-state index in [2.05, 4.69) is 42.7 Å². The van der Waals surface area contributed by atoms with Crippen molar-refractivity contribution in [1.29, 1.82) is 0 Å². The number of ether oxygens (including phenoxy) is 2. The van der Waals surface area contributed by atoms with E-state index in [4.69, 9.17) is 21.1 Å². The van der Waals surface area contributed by atoms with Crippen molar-refractivity contribution in [2.24, 2.45) is 5.92 Å². The number of piperazine rings is 1. The van der Waals surface area contributed by atoms with Crippen molar-refractivity contribution in [2.45, 2.75) is 84.4 Å². The van der Waals surface area contributed by atoms with Gasteiger partial charge in [-0.05, 0) is 95.2 Å². The number of aryl methyl sites for hydroxylation is 3. The number of amides is 1. The van der Waals surface area contributed by atoms with E-state index in [-0.39, 0.29) is 29.5 Å². The smallest absolute Gasteiger partial charge is 0.324 e. The largest absolute Gasteiger partial charge is 0.459 e. The van der Waals surface area contributed by atoms with Gasteiger partial charge in [0.25, 0.3) is 0 Å². The normalized spacial score (nSPS) is 22.9. The highest BCUT2D eigenvalue weighted by molar-refractivity contribution is 6.30. The van der Waals surface area contributed by atoms with Gasteiger partial charge in [-0.1, -0.05) is 35.4 Å². The van der Waals surface area contributed by atoms with Gasteiger partial charge in [0.1, 0.15) is 17.5 Å². The van der Waals surface area contributed by atoms with Crippen LogP contribution in [0.2, 0.25) is 5.02 Å². The molecule has 3 heterocycles. The van der Waals surface area contributed by atoms with Crippen molar-refractivity contribution < 1.29 is 23.5 Å². The average molecular weight is 642 g/mol. The molecule has 9 heteroatoms. The van der Waals surface area contributed by atoms with Gasteiger partial charge < -0.3 is 14.4 Å². The first-order chi connectivity index (χ1) is 21.3. The van der Waals surface area contributed by atoms with Gasteiger partial charge in [-0.15, -0.1) is 0 Å². The van der Waals surface area contributed by atoms with E-state index in [0.717, 1.165) is 12.8 Å². The highest BCUT2D eigenvalue weighted by Gasteiger charge is 2.44. The Bertz CT molecular complexity index is 1360. The SMILES string of the molecule is Cc1cc(C)c(C[C@@H](C(=O)OC(C)(C)C)N2CCN(C(=O)[C@@H]3CN(C4CCOCC4)C[C@H]3c3ccc(Cl)cc3F)CC2)c(C)c1. The molecular formula is C36H49ClFN3O4. The maximum absolute atomic E-state index is 15.2. The molecule has 0 N–H and O–H groups in total. The minimum atomic E-state index is -0.602. The first kappa shape index (κ1) is 33.8. The predicted molar refractivity (Wildman–Crippen MR) is 175 cm³/mol. The summed E-state index contributed by atoms with van der Waals surface area (Å²) in [4.78, 5) is 34.3. The zero-order chi connectivity index (χ0) is 32.5. The van der Waals surface area contributed by atoms with E-state index >= 15 is 4.39 Å².